The molecule has 33 heavy (non-hydrogen) atoms. The van der Waals surface area contributed by atoms with Crippen molar-refractivity contribution in [1.29, 1.82) is 0 Å². The zero-order chi connectivity index (χ0) is 24.0. The fraction of sp³-hybridized carbons (Fsp3) is 0.0455. The Balaban J connectivity index is 2.15. The van der Waals surface area contributed by atoms with Crippen LogP contribution >= 0.6 is 23.2 Å². The van der Waals surface area contributed by atoms with Crippen molar-refractivity contribution in [2.24, 2.45) is 5.14 Å². The summed E-state index contributed by atoms with van der Waals surface area (Å²) in [6.45, 7) is 0. The first kappa shape index (κ1) is 23.3. The van der Waals surface area contributed by atoms with Gasteiger partial charge in [-0.2, -0.15) is 18.3 Å². The average Bonchev–Trinajstić information content (AvgIpc) is 3.15. The molecule has 4 aromatic rings. The molecule has 5 nitrogen and oxygen atoms in total. The third-order valence-corrected chi connectivity index (χ3v) is 6.27. The highest BCUT2D eigenvalue weighted by molar-refractivity contribution is 7.89. The van der Waals surface area contributed by atoms with Gasteiger partial charge in [-0.05, 0) is 36.4 Å². The molecule has 0 atom stereocenters. The molecule has 0 bridgehead atoms. The zero-order valence-electron chi connectivity index (χ0n) is 16.5. The molecule has 1 heterocycles. The van der Waals surface area contributed by atoms with Crippen molar-refractivity contribution in [2.75, 3.05) is 0 Å². The van der Waals surface area contributed by atoms with E-state index in [-0.39, 0.29) is 27.4 Å². The number of alkyl halides is 3. The van der Waals surface area contributed by atoms with Gasteiger partial charge in [0.2, 0.25) is 10.0 Å². The van der Waals surface area contributed by atoms with Crippen LogP contribution in [0.15, 0.2) is 77.7 Å². The minimum Gasteiger partial charge on any atom is -0.230 e. The molecule has 0 unspecified atom stereocenters. The van der Waals surface area contributed by atoms with Gasteiger partial charge in [-0.1, -0.05) is 59.6 Å². The number of para-hydroxylation sites is 1. The van der Waals surface area contributed by atoms with Crippen LogP contribution in [0.2, 0.25) is 10.0 Å². The van der Waals surface area contributed by atoms with Crippen molar-refractivity contribution >= 4 is 33.2 Å². The molecule has 11 heteroatoms. The number of nitrogens with zero attached hydrogens (tertiary/aromatic N) is 2. The van der Waals surface area contributed by atoms with Crippen molar-refractivity contribution in [1.82, 2.24) is 9.78 Å². The number of benzene rings is 3. The highest BCUT2D eigenvalue weighted by Gasteiger charge is 2.41. The van der Waals surface area contributed by atoms with Crippen molar-refractivity contribution in [3.8, 4) is 28.2 Å². The van der Waals surface area contributed by atoms with Crippen molar-refractivity contribution in [3.05, 3.63) is 88.4 Å². The number of halogens is 5. The third-order valence-electron chi connectivity index (χ3n) is 4.80. The number of sulfonamides is 1. The Hall–Kier alpha value is -2.85. The Bertz CT molecular complexity index is 1430. The standard InChI is InChI=1S/C22H14Cl2F3N3O2S/c23-15-9-5-13(6-10-15)20-19(22(25,26)27)21(14-7-11-16(24)12-8-14)30(29-20)17-3-1-2-4-18(17)33(28,31)32/h1-12H,(H2,28,31,32). The second kappa shape index (κ2) is 8.49. The SMILES string of the molecule is NS(=O)(=O)c1ccccc1-n1nc(-c2ccc(Cl)cc2)c(C(F)(F)F)c1-c1ccc(Cl)cc1. The van der Waals surface area contributed by atoms with Crippen LogP contribution in [0.3, 0.4) is 0 Å². The number of aromatic nitrogens is 2. The number of hydrogen-bond donors (Lipinski definition) is 1. The minimum absolute atomic E-state index is 0.128. The Morgan fingerprint density at radius 1 is 0.818 bits per heavy atom. The van der Waals surface area contributed by atoms with E-state index in [1.54, 1.807) is 0 Å². The molecule has 0 aliphatic heterocycles. The lowest BCUT2D eigenvalue weighted by atomic mass is 10.0. The van der Waals surface area contributed by atoms with Crippen LogP contribution in [0.25, 0.3) is 28.2 Å². The monoisotopic (exact) mass is 511 g/mol. The third kappa shape index (κ3) is 4.63. The molecule has 0 saturated carbocycles. The summed E-state index contributed by atoms with van der Waals surface area (Å²) in [6.07, 6.45) is -4.83. The molecule has 4 rings (SSSR count). The number of rotatable bonds is 4. The predicted octanol–water partition coefficient (Wildman–Crippen LogP) is 6.18. The molecule has 2 N–H and O–H groups in total. The fourth-order valence-electron chi connectivity index (χ4n) is 3.42. The van der Waals surface area contributed by atoms with E-state index in [2.05, 4.69) is 5.10 Å². The molecule has 0 radical (unpaired) electrons. The van der Waals surface area contributed by atoms with Crippen molar-refractivity contribution < 1.29 is 21.6 Å². The zero-order valence-corrected chi connectivity index (χ0v) is 18.8. The summed E-state index contributed by atoms with van der Waals surface area (Å²) in [5.74, 6) is 0. The van der Waals surface area contributed by atoms with Crippen LogP contribution in [0.4, 0.5) is 13.2 Å². The van der Waals surface area contributed by atoms with Gasteiger partial charge in [0.05, 0.1) is 11.4 Å². The first-order valence-corrected chi connectivity index (χ1v) is 11.6. The van der Waals surface area contributed by atoms with Gasteiger partial charge in [0.15, 0.2) is 0 Å². The normalized spacial score (nSPS) is 12.2. The number of nitrogens with two attached hydrogens (primary N) is 1. The van der Waals surface area contributed by atoms with E-state index in [0.29, 0.717) is 10.0 Å². The summed E-state index contributed by atoms with van der Waals surface area (Å²) in [5, 5.41) is 10.2. The van der Waals surface area contributed by atoms with E-state index in [1.165, 1.54) is 72.8 Å². The quantitative estimate of drug-likeness (QED) is 0.355. The van der Waals surface area contributed by atoms with E-state index in [1.807, 2.05) is 0 Å². The van der Waals surface area contributed by atoms with E-state index in [9.17, 15) is 21.6 Å². The Morgan fingerprint density at radius 2 is 1.33 bits per heavy atom. The summed E-state index contributed by atoms with van der Waals surface area (Å²) < 4.78 is 68.7. The lowest BCUT2D eigenvalue weighted by molar-refractivity contribution is -0.136. The highest BCUT2D eigenvalue weighted by Crippen LogP contribution is 2.45. The molecule has 1 aromatic heterocycles. The summed E-state index contributed by atoms with van der Waals surface area (Å²) in [4.78, 5) is -0.376. The van der Waals surface area contributed by atoms with E-state index in [4.69, 9.17) is 28.3 Å². The first-order valence-electron chi connectivity index (χ1n) is 9.31. The van der Waals surface area contributed by atoms with E-state index < -0.39 is 27.5 Å². The van der Waals surface area contributed by atoms with Gasteiger partial charge < -0.3 is 0 Å². The average molecular weight is 512 g/mol. The Labute approximate surface area is 197 Å². The maximum atomic E-state index is 14.5. The van der Waals surface area contributed by atoms with E-state index in [0.717, 1.165) is 4.68 Å². The second-order valence-electron chi connectivity index (χ2n) is 7.01. The maximum Gasteiger partial charge on any atom is 0.420 e. The van der Waals surface area contributed by atoms with Crippen molar-refractivity contribution in [3.63, 3.8) is 0 Å². The lowest BCUT2D eigenvalue weighted by Crippen LogP contribution is -2.16. The molecule has 170 valence electrons. The van der Waals surface area contributed by atoms with Crippen LogP contribution in [-0.2, 0) is 16.2 Å². The van der Waals surface area contributed by atoms with Gasteiger partial charge in [-0.3, -0.25) is 0 Å². The largest absolute Gasteiger partial charge is 0.420 e. The van der Waals surface area contributed by atoms with Gasteiger partial charge in [0.25, 0.3) is 0 Å². The van der Waals surface area contributed by atoms with Crippen LogP contribution in [0.5, 0.6) is 0 Å². The van der Waals surface area contributed by atoms with Crippen LogP contribution in [0.1, 0.15) is 5.56 Å². The van der Waals surface area contributed by atoms with Gasteiger partial charge in [0.1, 0.15) is 16.2 Å². The van der Waals surface area contributed by atoms with Crippen LogP contribution < -0.4 is 5.14 Å². The summed E-state index contributed by atoms with van der Waals surface area (Å²) in [7, 11) is -4.28. The molecule has 3 aromatic carbocycles. The van der Waals surface area contributed by atoms with E-state index >= 15 is 0 Å². The summed E-state index contributed by atoms with van der Waals surface area (Å²) >= 11 is 11.8. The minimum atomic E-state index is -4.83. The molecule has 0 saturated heterocycles. The topological polar surface area (TPSA) is 78.0 Å². The molecule has 0 fully saturated rings. The number of primary sulfonamides is 1. The predicted molar refractivity (Wildman–Crippen MR) is 121 cm³/mol. The highest BCUT2D eigenvalue weighted by atomic mass is 35.5. The Kier molecular flexibility index (Phi) is 6.00. The van der Waals surface area contributed by atoms with Gasteiger partial charge in [-0.25, -0.2) is 18.2 Å². The summed E-state index contributed by atoms with van der Waals surface area (Å²) in [6, 6.07) is 16.8. The van der Waals surface area contributed by atoms with Crippen LogP contribution in [0, 0.1) is 0 Å². The fourth-order valence-corrected chi connectivity index (χ4v) is 4.38. The van der Waals surface area contributed by atoms with Crippen molar-refractivity contribution in [2.45, 2.75) is 11.1 Å². The van der Waals surface area contributed by atoms with Gasteiger partial charge in [-0.15, -0.1) is 0 Å². The second-order valence-corrected chi connectivity index (χ2v) is 9.41. The number of hydrogen-bond acceptors (Lipinski definition) is 3. The molecule has 0 aliphatic rings. The molecular weight excluding hydrogens is 498 g/mol. The Morgan fingerprint density at radius 3 is 1.85 bits per heavy atom. The molecule has 0 aliphatic carbocycles. The lowest BCUT2D eigenvalue weighted by Gasteiger charge is -2.14. The van der Waals surface area contributed by atoms with Crippen LogP contribution in [-0.4, -0.2) is 18.2 Å². The van der Waals surface area contributed by atoms with Gasteiger partial charge in [0, 0.05) is 21.2 Å². The molecule has 0 spiro atoms. The molecular formula is C22H14Cl2F3N3O2S. The van der Waals surface area contributed by atoms with Gasteiger partial charge >= 0.3 is 6.18 Å². The molecule has 0 amide bonds. The smallest absolute Gasteiger partial charge is 0.230 e. The summed E-state index contributed by atoms with van der Waals surface area (Å²) in [5.41, 5.74) is -1.65. The first-order chi connectivity index (χ1) is 15.5. The maximum absolute atomic E-state index is 14.5.